The molecule has 2 N–H and O–H groups in total. The second-order valence-electron chi connectivity index (χ2n) is 4.69. The molecule has 1 unspecified atom stereocenters. The van der Waals surface area contributed by atoms with E-state index >= 15 is 0 Å². The molecule has 2 aromatic carbocycles. The fourth-order valence-corrected chi connectivity index (χ4v) is 2.41. The van der Waals surface area contributed by atoms with E-state index in [1.54, 1.807) is 6.07 Å². The lowest BCUT2D eigenvalue weighted by Gasteiger charge is -2.17. The Hall–Kier alpha value is -1.51. The predicted octanol–water partition coefficient (Wildman–Crippen LogP) is 4.10. The molecule has 0 bridgehead atoms. The minimum absolute atomic E-state index is 0.440. The minimum Gasteiger partial charge on any atom is -0.387 e. The SMILES string of the molecule is Cc1cccc(C)c1NCC(O)c1ccccc1Cl. The first-order valence-corrected chi connectivity index (χ1v) is 6.70. The molecule has 0 aliphatic heterocycles. The molecule has 0 saturated heterocycles. The zero-order valence-corrected chi connectivity index (χ0v) is 11.9. The van der Waals surface area contributed by atoms with Gasteiger partial charge in [-0.3, -0.25) is 0 Å². The smallest absolute Gasteiger partial charge is 0.0976 e. The first-order chi connectivity index (χ1) is 9.09. The highest BCUT2D eigenvalue weighted by Gasteiger charge is 2.11. The molecule has 0 spiro atoms. The van der Waals surface area contributed by atoms with Crippen molar-refractivity contribution in [2.24, 2.45) is 0 Å². The van der Waals surface area contributed by atoms with Gasteiger partial charge in [-0.05, 0) is 31.0 Å². The summed E-state index contributed by atoms with van der Waals surface area (Å²) in [5.41, 5.74) is 4.18. The molecule has 0 fully saturated rings. The van der Waals surface area contributed by atoms with E-state index in [0.717, 1.165) is 11.3 Å². The van der Waals surface area contributed by atoms with Gasteiger partial charge in [-0.15, -0.1) is 0 Å². The first kappa shape index (κ1) is 13.9. The second kappa shape index (κ2) is 6.09. The van der Waals surface area contributed by atoms with E-state index in [1.165, 1.54) is 11.1 Å². The van der Waals surface area contributed by atoms with Crippen LogP contribution in [0, 0.1) is 13.8 Å². The molecule has 100 valence electrons. The highest BCUT2D eigenvalue weighted by atomic mass is 35.5. The number of nitrogens with one attached hydrogen (secondary N) is 1. The molecule has 2 aromatic rings. The number of hydrogen-bond acceptors (Lipinski definition) is 2. The van der Waals surface area contributed by atoms with E-state index in [1.807, 2.05) is 24.3 Å². The van der Waals surface area contributed by atoms with Crippen molar-refractivity contribution >= 4 is 17.3 Å². The highest BCUT2D eigenvalue weighted by Crippen LogP contribution is 2.24. The molecule has 2 nitrogen and oxygen atoms in total. The van der Waals surface area contributed by atoms with E-state index in [9.17, 15) is 5.11 Å². The number of halogens is 1. The number of rotatable bonds is 4. The third-order valence-corrected chi connectivity index (χ3v) is 3.56. The normalized spacial score (nSPS) is 12.2. The largest absolute Gasteiger partial charge is 0.387 e. The lowest BCUT2D eigenvalue weighted by Crippen LogP contribution is -2.13. The second-order valence-corrected chi connectivity index (χ2v) is 5.09. The minimum atomic E-state index is -0.618. The molecule has 0 heterocycles. The molecular weight excluding hydrogens is 258 g/mol. The third-order valence-electron chi connectivity index (χ3n) is 3.22. The van der Waals surface area contributed by atoms with Crippen LogP contribution in [0.3, 0.4) is 0 Å². The molecule has 0 radical (unpaired) electrons. The fraction of sp³-hybridized carbons (Fsp3) is 0.250. The Morgan fingerprint density at radius 2 is 1.68 bits per heavy atom. The fourth-order valence-electron chi connectivity index (χ4n) is 2.15. The number of para-hydroxylation sites is 1. The predicted molar refractivity (Wildman–Crippen MR) is 80.8 cm³/mol. The van der Waals surface area contributed by atoms with Gasteiger partial charge in [0.2, 0.25) is 0 Å². The van der Waals surface area contributed by atoms with Crippen molar-refractivity contribution in [3.63, 3.8) is 0 Å². The molecule has 19 heavy (non-hydrogen) atoms. The van der Waals surface area contributed by atoms with Gasteiger partial charge >= 0.3 is 0 Å². The van der Waals surface area contributed by atoms with Gasteiger partial charge < -0.3 is 10.4 Å². The van der Waals surface area contributed by atoms with Crippen molar-refractivity contribution in [1.82, 2.24) is 0 Å². The summed E-state index contributed by atoms with van der Waals surface area (Å²) in [4.78, 5) is 0. The molecule has 2 rings (SSSR count). The molecule has 0 aliphatic rings. The molecule has 0 saturated carbocycles. The van der Waals surface area contributed by atoms with Gasteiger partial charge in [-0.2, -0.15) is 0 Å². The summed E-state index contributed by atoms with van der Waals surface area (Å²) in [6, 6.07) is 13.5. The maximum absolute atomic E-state index is 10.2. The van der Waals surface area contributed by atoms with Crippen LogP contribution in [-0.4, -0.2) is 11.7 Å². The third kappa shape index (κ3) is 3.28. The summed E-state index contributed by atoms with van der Waals surface area (Å²) in [5.74, 6) is 0. The van der Waals surface area contributed by atoms with Crippen LogP contribution in [0.4, 0.5) is 5.69 Å². The van der Waals surface area contributed by atoms with Crippen molar-refractivity contribution in [2.45, 2.75) is 20.0 Å². The van der Waals surface area contributed by atoms with Gasteiger partial charge in [0.1, 0.15) is 0 Å². The zero-order chi connectivity index (χ0) is 13.8. The van der Waals surface area contributed by atoms with Crippen molar-refractivity contribution in [3.8, 4) is 0 Å². The first-order valence-electron chi connectivity index (χ1n) is 6.32. The Morgan fingerprint density at radius 3 is 2.32 bits per heavy atom. The molecule has 3 heteroatoms. The summed E-state index contributed by atoms with van der Waals surface area (Å²) in [6.07, 6.45) is -0.618. The maximum atomic E-state index is 10.2. The summed E-state index contributed by atoms with van der Waals surface area (Å²) in [7, 11) is 0. The van der Waals surface area contributed by atoms with E-state index < -0.39 is 6.10 Å². The van der Waals surface area contributed by atoms with E-state index in [2.05, 4.69) is 31.3 Å². The van der Waals surface area contributed by atoms with Crippen LogP contribution in [0.1, 0.15) is 22.8 Å². The van der Waals surface area contributed by atoms with Crippen molar-refractivity contribution in [2.75, 3.05) is 11.9 Å². The topological polar surface area (TPSA) is 32.3 Å². The van der Waals surface area contributed by atoms with Gasteiger partial charge in [-0.1, -0.05) is 48.0 Å². The molecule has 0 aliphatic carbocycles. The Kier molecular flexibility index (Phi) is 4.46. The Morgan fingerprint density at radius 1 is 1.05 bits per heavy atom. The monoisotopic (exact) mass is 275 g/mol. The molecule has 0 amide bonds. The van der Waals surface area contributed by atoms with E-state index in [4.69, 9.17) is 11.6 Å². The van der Waals surface area contributed by atoms with Gasteiger partial charge in [0, 0.05) is 22.8 Å². The van der Waals surface area contributed by atoms with Crippen molar-refractivity contribution in [3.05, 3.63) is 64.2 Å². The van der Waals surface area contributed by atoms with Crippen LogP contribution in [-0.2, 0) is 0 Å². The van der Waals surface area contributed by atoms with Gasteiger partial charge in [0.05, 0.1) is 6.10 Å². The Balaban J connectivity index is 2.09. The summed E-state index contributed by atoms with van der Waals surface area (Å²) >= 11 is 6.08. The van der Waals surface area contributed by atoms with Crippen LogP contribution in [0.5, 0.6) is 0 Å². The van der Waals surface area contributed by atoms with Crippen LogP contribution in [0.2, 0.25) is 5.02 Å². The number of benzene rings is 2. The standard InChI is InChI=1S/C16H18ClNO/c1-11-6-5-7-12(2)16(11)18-10-15(19)13-8-3-4-9-14(13)17/h3-9,15,18-19H,10H2,1-2H3. The average molecular weight is 276 g/mol. The average Bonchev–Trinajstić information content (AvgIpc) is 2.38. The summed E-state index contributed by atoms with van der Waals surface area (Å²) < 4.78 is 0. The van der Waals surface area contributed by atoms with Gasteiger partial charge in [0.25, 0.3) is 0 Å². The van der Waals surface area contributed by atoms with E-state index in [0.29, 0.717) is 11.6 Å². The van der Waals surface area contributed by atoms with Crippen LogP contribution in [0.15, 0.2) is 42.5 Å². The lowest BCUT2D eigenvalue weighted by atomic mass is 10.1. The van der Waals surface area contributed by atoms with E-state index in [-0.39, 0.29) is 0 Å². The van der Waals surface area contributed by atoms with Crippen LogP contribution < -0.4 is 5.32 Å². The quantitative estimate of drug-likeness (QED) is 0.880. The number of aliphatic hydroxyl groups is 1. The summed E-state index contributed by atoms with van der Waals surface area (Å²) in [5, 5.41) is 14.1. The zero-order valence-electron chi connectivity index (χ0n) is 11.2. The number of aliphatic hydroxyl groups excluding tert-OH is 1. The van der Waals surface area contributed by atoms with Crippen molar-refractivity contribution < 1.29 is 5.11 Å². The Labute approximate surface area is 119 Å². The molecule has 1 atom stereocenters. The number of aryl methyl sites for hydroxylation is 2. The number of anilines is 1. The van der Waals surface area contributed by atoms with Gasteiger partial charge in [0.15, 0.2) is 0 Å². The van der Waals surface area contributed by atoms with Crippen molar-refractivity contribution in [1.29, 1.82) is 0 Å². The molecular formula is C16H18ClNO. The summed E-state index contributed by atoms with van der Waals surface area (Å²) in [6.45, 7) is 4.55. The van der Waals surface area contributed by atoms with Gasteiger partial charge in [-0.25, -0.2) is 0 Å². The maximum Gasteiger partial charge on any atom is 0.0976 e. The van der Waals surface area contributed by atoms with Crippen LogP contribution in [0.25, 0.3) is 0 Å². The lowest BCUT2D eigenvalue weighted by molar-refractivity contribution is 0.191. The molecule has 0 aromatic heterocycles. The Bertz CT molecular complexity index is 548. The number of hydrogen-bond donors (Lipinski definition) is 2. The van der Waals surface area contributed by atoms with Crippen LogP contribution >= 0.6 is 11.6 Å². The highest BCUT2D eigenvalue weighted by molar-refractivity contribution is 6.31.